The highest BCUT2D eigenvalue weighted by Crippen LogP contribution is 2.45. The lowest BCUT2D eigenvalue weighted by molar-refractivity contribution is -0.137. The number of piperidine rings is 3. The van der Waals surface area contributed by atoms with Crippen LogP contribution in [0.2, 0.25) is 0 Å². The molecule has 0 radical (unpaired) electrons. The van der Waals surface area contributed by atoms with Gasteiger partial charge in [0.15, 0.2) is 11.6 Å². The number of alkyl halides is 2. The number of carbonyl (C=O) groups is 4. The molecule has 6 aliphatic heterocycles. The Labute approximate surface area is 393 Å². The van der Waals surface area contributed by atoms with Crippen LogP contribution in [-0.2, 0) is 47.4 Å². The Morgan fingerprint density at radius 1 is 0.868 bits per heavy atom. The van der Waals surface area contributed by atoms with Crippen LogP contribution in [0.4, 0.5) is 30.4 Å². The highest BCUT2D eigenvalue weighted by molar-refractivity contribution is 6.05. The Kier molecular flexibility index (Phi) is 11.3. The van der Waals surface area contributed by atoms with Gasteiger partial charge >= 0.3 is 0 Å². The highest BCUT2D eigenvalue weighted by atomic mass is 19.3. The number of nitrogens with zero attached hydrogens (tertiary/aromatic N) is 10. The number of likely N-dealkylation sites (tertiary alicyclic amines) is 1. The topological polar surface area (TPSA) is 145 Å². The van der Waals surface area contributed by atoms with Crippen molar-refractivity contribution < 1.29 is 33.8 Å². The molecule has 0 bridgehead atoms. The van der Waals surface area contributed by atoms with Crippen LogP contribution in [-0.4, -0.2) is 115 Å². The maximum Gasteiger partial charge on any atom is 0.264 e. The van der Waals surface area contributed by atoms with Crippen LogP contribution in [0, 0.1) is 18.7 Å². The molecule has 0 spiro atoms. The predicted octanol–water partition coefficient (Wildman–Crippen LogP) is 6.77. The fraction of sp³-hybridized carbons (Fsp3) is 0.500. The monoisotopic (exact) mass is 933 g/mol. The lowest BCUT2D eigenvalue weighted by atomic mass is 9.92. The van der Waals surface area contributed by atoms with E-state index in [-0.39, 0.29) is 55.7 Å². The van der Waals surface area contributed by atoms with Gasteiger partial charge in [-0.05, 0) is 99.2 Å². The normalized spacial score (nSPS) is 20.7. The van der Waals surface area contributed by atoms with E-state index in [0.29, 0.717) is 73.0 Å². The number of fused-ring (bicyclic) bond motifs is 4. The fourth-order valence-electron chi connectivity index (χ4n) is 11.9. The fourth-order valence-corrected chi connectivity index (χ4v) is 11.9. The molecule has 68 heavy (non-hydrogen) atoms. The zero-order chi connectivity index (χ0) is 47.1. The van der Waals surface area contributed by atoms with Gasteiger partial charge in [-0.2, -0.15) is 10.2 Å². The summed E-state index contributed by atoms with van der Waals surface area (Å²) in [5.74, 6) is -0.479. The van der Waals surface area contributed by atoms with E-state index < -0.39 is 24.2 Å². The quantitative estimate of drug-likeness (QED) is 0.166. The highest BCUT2D eigenvalue weighted by Gasteiger charge is 2.42. The van der Waals surface area contributed by atoms with Crippen LogP contribution in [0.25, 0.3) is 22.2 Å². The van der Waals surface area contributed by atoms with Crippen molar-refractivity contribution in [1.29, 1.82) is 0 Å². The molecule has 4 amide bonds. The van der Waals surface area contributed by atoms with Crippen LogP contribution in [0.15, 0.2) is 36.5 Å². The van der Waals surface area contributed by atoms with Crippen molar-refractivity contribution in [3.63, 3.8) is 0 Å². The largest absolute Gasteiger partial charge is 0.369 e. The van der Waals surface area contributed by atoms with Gasteiger partial charge in [0, 0.05) is 119 Å². The first-order chi connectivity index (χ1) is 32.8. The first-order valence-corrected chi connectivity index (χ1v) is 24.1. The number of aromatic nitrogens is 5. The van der Waals surface area contributed by atoms with E-state index in [1.165, 1.54) is 4.90 Å². The van der Waals surface area contributed by atoms with E-state index in [0.717, 1.165) is 97.7 Å². The van der Waals surface area contributed by atoms with Crippen molar-refractivity contribution in [2.24, 2.45) is 13.0 Å². The molecule has 2 aromatic carbocycles. The van der Waals surface area contributed by atoms with E-state index in [1.807, 2.05) is 41.8 Å². The molecule has 11 rings (SSSR count). The summed E-state index contributed by atoms with van der Waals surface area (Å²) in [7, 11) is 1.89. The number of imide groups is 1. The molecule has 1 atom stereocenters. The second-order valence-electron chi connectivity index (χ2n) is 19.7. The molecule has 15 nitrogen and oxygen atoms in total. The average molecular weight is 934 g/mol. The number of hydrogen-bond donors (Lipinski definition) is 1. The molecule has 1 N–H and O–H groups in total. The number of hydrogen-bond acceptors (Lipinski definition) is 10. The van der Waals surface area contributed by atoms with Gasteiger partial charge in [-0.3, -0.25) is 29.2 Å². The van der Waals surface area contributed by atoms with Gasteiger partial charge in [-0.15, -0.1) is 5.10 Å². The van der Waals surface area contributed by atoms with Crippen LogP contribution in [0.3, 0.4) is 0 Å². The van der Waals surface area contributed by atoms with E-state index in [2.05, 4.69) is 34.9 Å². The van der Waals surface area contributed by atoms with Gasteiger partial charge in [0.05, 0.1) is 36.0 Å². The number of carbonyl (C=O) groups excluding carboxylic acids is 4. The number of anilines is 3. The number of nitrogens with one attached hydrogen (secondary N) is 1. The van der Waals surface area contributed by atoms with Gasteiger partial charge in [0.1, 0.15) is 11.6 Å². The van der Waals surface area contributed by atoms with Crippen LogP contribution >= 0.6 is 0 Å². The number of rotatable bonds is 8. The SMILES string of the molecule is CC(=O)N1CCc2c(c(N3CCCc4cc(-c5cn(C)c6cc(C)nnc56)c(C(F)F)cc43)nn2C2CCN(CC3CCN(c4ccc5c(c4F)CN(C4CCC(=O)NC4=O)C5=O)CC3)CC2)C1.[HH]. The zero-order valence-electron chi connectivity index (χ0n) is 38.7. The summed E-state index contributed by atoms with van der Waals surface area (Å²) < 4.78 is 50.6. The Bertz CT molecular complexity index is 2890. The number of halogens is 3. The molecule has 3 fully saturated rings. The van der Waals surface area contributed by atoms with Gasteiger partial charge in [0.25, 0.3) is 12.3 Å². The third kappa shape index (κ3) is 7.68. The number of benzene rings is 2. The van der Waals surface area contributed by atoms with Gasteiger partial charge in [-0.1, -0.05) is 0 Å². The lowest BCUT2D eigenvalue weighted by Crippen LogP contribution is -2.52. The third-order valence-electron chi connectivity index (χ3n) is 15.5. The molecule has 358 valence electrons. The maximum atomic E-state index is 16.1. The molecule has 9 heterocycles. The Balaban J connectivity index is 0.00000553. The van der Waals surface area contributed by atoms with Gasteiger partial charge in [-0.25, -0.2) is 13.2 Å². The summed E-state index contributed by atoms with van der Waals surface area (Å²) in [6.07, 6.45) is 5.34. The van der Waals surface area contributed by atoms with Crippen molar-refractivity contribution >= 4 is 51.9 Å². The van der Waals surface area contributed by atoms with E-state index >= 15 is 13.2 Å². The summed E-state index contributed by atoms with van der Waals surface area (Å²) in [6.45, 7) is 9.23. The molecule has 6 aliphatic rings. The second kappa shape index (κ2) is 17.3. The first kappa shape index (κ1) is 44.2. The molecule has 5 aromatic rings. The molecule has 0 aliphatic carbocycles. The van der Waals surface area contributed by atoms with Crippen molar-refractivity contribution in [2.45, 2.75) is 103 Å². The minimum atomic E-state index is -2.73. The van der Waals surface area contributed by atoms with E-state index in [9.17, 15) is 19.2 Å². The van der Waals surface area contributed by atoms with Crippen molar-refractivity contribution in [1.82, 2.24) is 44.6 Å². The standard InChI is InChI=1S/C50H56F3N11O4.H2/c1-28-21-43-46(56-55-28)37(25-58(43)3)34-22-31-5-4-15-62(42(31)23-35(34)47(52)53)48-38-26-61(29(2)65)20-14-39(38)64(57-48)32-12-16-59(17-13-32)24-30-10-18-60(19-11-30)40-7-6-33-36(45(40)51)27-63(50(33)68)41-8-9-44(66)54-49(41)67;/h6-7,21-23,25,30,32,41,47H,4-5,8-20,24,26-27H2,1-3H3,(H,54,66,67);1H. The molecule has 1 unspecified atom stereocenters. The summed E-state index contributed by atoms with van der Waals surface area (Å²) >= 11 is 0. The number of aryl methyl sites for hydroxylation is 3. The Morgan fingerprint density at radius 2 is 1.66 bits per heavy atom. The molecule has 18 heteroatoms. The van der Waals surface area contributed by atoms with Crippen LogP contribution in [0.5, 0.6) is 0 Å². The smallest absolute Gasteiger partial charge is 0.264 e. The molecule has 3 saturated heterocycles. The predicted molar refractivity (Wildman–Crippen MR) is 250 cm³/mol. The first-order valence-electron chi connectivity index (χ1n) is 24.1. The second-order valence-corrected chi connectivity index (χ2v) is 19.7. The van der Waals surface area contributed by atoms with Gasteiger partial charge < -0.3 is 29.1 Å². The summed E-state index contributed by atoms with van der Waals surface area (Å²) in [5.41, 5.74) is 8.10. The van der Waals surface area contributed by atoms with Crippen LogP contribution < -0.4 is 15.1 Å². The average Bonchev–Trinajstić information content (AvgIpc) is 3.99. The van der Waals surface area contributed by atoms with Crippen LogP contribution in [0.1, 0.15) is 110 Å². The summed E-state index contributed by atoms with van der Waals surface area (Å²) in [4.78, 5) is 60.2. The molecular weight excluding hydrogens is 876 g/mol. The molecule has 0 saturated carbocycles. The third-order valence-corrected chi connectivity index (χ3v) is 15.5. The Morgan fingerprint density at radius 3 is 2.41 bits per heavy atom. The van der Waals surface area contributed by atoms with E-state index in [1.54, 1.807) is 25.1 Å². The van der Waals surface area contributed by atoms with Crippen molar-refractivity contribution in [3.8, 4) is 11.1 Å². The minimum Gasteiger partial charge on any atom is -0.369 e. The lowest BCUT2D eigenvalue weighted by Gasteiger charge is -2.39. The minimum absolute atomic E-state index is 0. The number of amides is 4. The summed E-state index contributed by atoms with van der Waals surface area (Å²) in [5, 5.41) is 16.4. The van der Waals surface area contributed by atoms with E-state index in [4.69, 9.17) is 5.10 Å². The zero-order valence-corrected chi connectivity index (χ0v) is 38.7. The molecular formula is C50H58F3N11O4. The maximum absolute atomic E-state index is 16.1. The Hall–Kier alpha value is -6.30. The molecule has 3 aromatic heterocycles. The van der Waals surface area contributed by atoms with Gasteiger partial charge in [0.2, 0.25) is 17.7 Å². The summed E-state index contributed by atoms with van der Waals surface area (Å²) in [6, 6.07) is 8.21. The van der Waals surface area contributed by atoms with Crippen molar-refractivity contribution in [2.75, 3.05) is 55.6 Å². The van der Waals surface area contributed by atoms with Crippen molar-refractivity contribution in [3.05, 3.63) is 81.6 Å².